The van der Waals surface area contributed by atoms with E-state index in [9.17, 15) is 19.7 Å². The first-order valence-corrected chi connectivity index (χ1v) is 9.84. The molecule has 0 fully saturated rings. The second-order valence-corrected chi connectivity index (χ2v) is 7.34. The van der Waals surface area contributed by atoms with Crippen LogP contribution in [0.2, 0.25) is 5.02 Å². The summed E-state index contributed by atoms with van der Waals surface area (Å²) in [7, 11) is 1.27. The Morgan fingerprint density at radius 2 is 1.80 bits per heavy atom. The molecule has 2 aromatic carbocycles. The number of nitro benzene ring substituents is 1. The van der Waals surface area contributed by atoms with Gasteiger partial charge in [-0.15, -0.1) is 11.3 Å². The number of carbonyl (C=O) groups excluding carboxylic acids is 2. The number of ether oxygens (including phenoxy) is 1. The van der Waals surface area contributed by atoms with Crippen LogP contribution < -0.4 is 5.32 Å². The molecule has 0 radical (unpaired) electrons. The van der Waals surface area contributed by atoms with Gasteiger partial charge in [0.1, 0.15) is 10.6 Å². The zero-order valence-electron chi connectivity index (χ0n) is 15.6. The molecule has 0 aliphatic heterocycles. The number of thiophene rings is 1. The van der Waals surface area contributed by atoms with E-state index in [2.05, 4.69) is 5.32 Å². The minimum Gasteiger partial charge on any atom is -0.465 e. The molecule has 0 aliphatic carbocycles. The van der Waals surface area contributed by atoms with Gasteiger partial charge in [0.15, 0.2) is 0 Å². The predicted octanol–water partition coefficient (Wildman–Crippen LogP) is 5.42. The number of methoxy groups -OCH3 is 1. The smallest absolute Gasteiger partial charge is 0.341 e. The van der Waals surface area contributed by atoms with Crippen molar-refractivity contribution in [2.75, 3.05) is 12.4 Å². The second kappa shape index (κ2) is 9.34. The SMILES string of the molecule is COC(=O)c1c(-c2ccc(Cl)cc2)csc1NC(=O)C=Cc1ccc([N+](=O)[O-])cc1. The summed E-state index contributed by atoms with van der Waals surface area (Å²) in [6.45, 7) is 0. The standard InChI is InChI=1S/C21H15ClN2O5S/c1-29-21(26)19-17(14-5-7-15(22)8-6-14)12-30-20(19)23-18(25)11-4-13-2-9-16(10-3-13)24(27)28/h2-12H,1H3,(H,23,25). The molecule has 152 valence electrons. The summed E-state index contributed by atoms with van der Waals surface area (Å²) in [6, 6.07) is 12.7. The number of benzene rings is 2. The summed E-state index contributed by atoms with van der Waals surface area (Å²) in [5, 5.41) is 16.1. The van der Waals surface area contributed by atoms with Crippen LogP contribution in [0.1, 0.15) is 15.9 Å². The lowest BCUT2D eigenvalue weighted by molar-refractivity contribution is -0.384. The van der Waals surface area contributed by atoms with Crippen molar-refractivity contribution in [3.8, 4) is 11.1 Å². The lowest BCUT2D eigenvalue weighted by Crippen LogP contribution is -2.11. The highest BCUT2D eigenvalue weighted by Crippen LogP contribution is 2.36. The highest BCUT2D eigenvalue weighted by atomic mass is 35.5. The van der Waals surface area contributed by atoms with Crippen molar-refractivity contribution in [1.29, 1.82) is 0 Å². The van der Waals surface area contributed by atoms with Gasteiger partial charge in [0, 0.05) is 34.2 Å². The van der Waals surface area contributed by atoms with Crippen LogP contribution in [0.15, 0.2) is 60.0 Å². The van der Waals surface area contributed by atoms with Crippen molar-refractivity contribution in [2.45, 2.75) is 0 Å². The number of non-ortho nitro benzene ring substituents is 1. The van der Waals surface area contributed by atoms with Crippen LogP contribution in [0.4, 0.5) is 10.7 Å². The molecular weight excluding hydrogens is 428 g/mol. The largest absolute Gasteiger partial charge is 0.465 e. The van der Waals surface area contributed by atoms with Crippen LogP contribution in [-0.4, -0.2) is 23.9 Å². The van der Waals surface area contributed by atoms with Crippen LogP contribution in [0.3, 0.4) is 0 Å². The number of esters is 1. The normalized spacial score (nSPS) is 10.7. The fraction of sp³-hybridized carbons (Fsp3) is 0.0476. The molecule has 0 spiro atoms. The van der Waals surface area contributed by atoms with Crippen LogP contribution in [0, 0.1) is 10.1 Å². The fourth-order valence-electron chi connectivity index (χ4n) is 2.63. The molecule has 1 N–H and O–H groups in total. The quantitative estimate of drug-likeness (QED) is 0.238. The van der Waals surface area contributed by atoms with E-state index in [4.69, 9.17) is 16.3 Å². The molecule has 9 heteroatoms. The van der Waals surface area contributed by atoms with Gasteiger partial charge in [-0.05, 0) is 41.5 Å². The zero-order valence-corrected chi connectivity index (χ0v) is 17.2. The Bertz CT molecular complexity index is 1120. The number of hydrogen-bond donors (Lipinski definition) is 1. The molecule has 0 atom stereocenters. The van der Waals surface area contributed by atoms with Crippen LogP contribution in [0.5, 0.6) is 0 Å². The van der Waals surface area contributed by atoms with Gasteiger partial charge >= 0.3 is 5.97 Å². The summed E-state index contributed by atoms with van der Waals surface area (Å²) in [6.07, 6.45) is 2.80. The number of rotatable bonds is 6. The third kappa shape index (κ3) is 4.91. The third-order valence-corrected chi connectivity index (χ3v) is 5.25. The lowest BCUT2D eigenvalue weighted by atomic mass is 10.0. The van der Waals surface area contributed by atoms with Crippen LogP contribution in [-0.2, 0) is 9.53 Å². The molecule has 0 unspecified atom stereocenters. The fourth-order valence-corrected chi connectivity index (χ4v) is 3.72. The predicted molar refractivity (Wildman–Crippen MR) is 117 cm³/mol. The van der Waals surface area contributed by atoms with Gasteiger partial charge in [-0.2, -0.15) is 0 Å². The lowest BCUT2D eigenvalue weighted by Gasteiger charge is -2.07. The Kier molecular flexibility index (Phi) is 6.61. The topological polar surface area (TPSA) is 98.5 Å². The summed E-state index contributed by atoms with van der Waals surface area (Å²) in [5.41, 5.74) is 2.22. The van der Waals surface area contributed by atoms with Gasteiger partial charge in [-0.3, -0.25) is 14.9 Å². The van der Waals surface area contributed by atoms with Crippen molar-refractivity contribution in [1.82, 2.24) is 0 Å². The molecule has 7 nitrogen and oxygen atoms in total. The van der Waals surface area contributed by atoms with Gasteiger partial charge < -0.3 is 10.1 Å². The highest BCUT2D eigenvalue weighted by Gasteiger charge is 2.21. The Hall–Kier alpha value is -3.49. The monoisotopic (exact) mass is 442 g/mol. The molecule has 1 heterocycles. The average molecular weight is 443 g/mol. The number of amides is 1. The first kappa shape index (κ1) is 21.2. The van der Waals surface area contributed by atoms with Crippen molar-refractivity contribution in [2.24, 2.45) is 0 Å². The van der Waals surface area contributed by atoms with E-state index >= 15 is 0 Å². The number of carbonyl (C=O) groups is 2. The van der Waals surface area contributed by atoms with Gasteiger partial charge in [-0.1, -0.05) is 23.7 Å². The number of nitrogens with zero attached hydrogens (tertiary/aromatic N) is 1. The van der Waals surface area contributed by atoms with E-state index in [-0.39, 0.29) is 11.3 Å². The minimum atomic E-state index is -0.573. The molecular formula is C21H15ClN2O5S. The summed E-state index contributed by atoms with van der Waals surface area (Å²) >= 11 is 7.12. The maximum Gasteiger partial charge on any atom is 0.341 e. The van der Waals surface area contributed by atoms with E-state index < -0.39 is 16.8 Å². The van der Waals surface area contributed by atoms with Crippen LogP contribution >= 0.6 is 22.9 Å². The molecule has 1 amide bonds. The Labute approximate surface area is 180 Å². The van der Waals surface area contributed by atoms with E-state index in [1.807, 2.05) is 0 Å². The van der Waals surface area contributed by atoms with Gasteiger partial charge in [0.25, 0.3) is 5.69 Å². The average Bonchev–Trinajstić information content (AvgIpc) is 3.15. The van der Waals surface area contributed by atoms with E-state index in [1.165, 1.54) is 54.9 Å². The number of halogens is 1. The molecule has 0 aliphatic rings. The maximum absolute atomic E-state index is 12.3. The first-order chi connectivity index (χ1) is 14.4. The summed E-state index contributed by atoms with van der Waals surface area (Å²) < 4.78 is 4.88. The molecule has 0 saturated carbocycles. The number of nitrogens with one attached hydrogen (secondary N) is 1. The van der Waals surface area contributed by atoms with Crippen molar-refractivity contribution in [3.63, 3.8) is 0 Å². The molecule has 30 heavy (non-hydrogen) atoms. The molecule has 0 saturated heterocycles. The Morgan fingerprint density at radius 3 is 2.40 bits per heavy atom. The second-order valence-electron chi connectivity index (χ2n) is 6.02. The first-order valence-electron chi connectivity index (χ1n) is 8.58. The van der Waals surface area contributed by atoms with E-state index in [1.54, 1.807) is 29.6 Å². The molecule has 1 aromatic heterocycles. The van der Waals surface area contributed by atoms with Crippen molar-refractivity contribution < 1.29 is 19.2 Å². The van der Waals surface area contributed by atoms with E-state index in [0.717, 1.165) is 5.56 Å². The number of hydrogen-bond acceptors (Lipinski definition) is 6. The maximum atomic E-state index is 12.3. The zero-order chi connectivity index (χ0) is 21.7. The number of nitro groups is 1. The third-order valence-electron chi connectivity index (χ3n) is 4.10. The van der Waals surface area contributed by atoms with E-state index in [0.29, 0.717) is 21.2 Å². The van der Waals surface area contributed by atoms with Gasteiger partial charge in [-0.25, -0.2) is 4.79 Å². The number of anilines is 1. The van der Waals surface area contributed by atoms with Crippen molar-refractivity contribution in [3.05, 3.63) is 86.3 Å². The molecule has 3 aromatic rings. The van der Waals surface area contributed by atoms with Gasteiger partial charge in [0.2, 0.25) is 5.91 Å². The Balaban J connectivity index is 1.81. The summed E-state index contributed by atoms with van der Waals surface area (Å²) in [5.74, 6) is -1.03. The minimum absolute atomic E-state index is 0.0346. The van der Waals surface area contributed by atoms with Crippen molar-refractivity contribution >= 4 is 51.6 Å². The highest BCUT2D eigenvalue weighted by molar-refractivity contribution is 7.15. The molecule has 3 rings (SSSR count). The van der Waals surface area contributed by atoms with Crippen LogP contribution in [0.25, 0.3) is 17.2 Å². The molecule has 0 bridgehead atoms. The summed E-state index contributed by atoms with van der Waals surface area (Å²) in [4.78, 5) is 34.9. The van der Waals surface area contributed by atoms with Gasteiger partial charge in [0.05, 0.1) is 12.0 Å². The Morgan fingerprint density at radius 1 is 1.13 bits per heavy atom.